The van der Waals surface area contributed by atoms with Crippen molar-refractivity contribution in [1.29, 1.82) is 0 Å². The highest BCUT2D eigenvalue weighted by atomic mass is 16.5. The number of aromatic nitrogens is 3. The summed E-state index contributed by atoms with van der Waals surface area (Å²) in [6.45, 7) is 5.13. The van der Waals surface area contributed by atoms with E-state index in [9.17, 15) is 9.59 Å². The fraction of sp³-hybridized carbons (Fsp3) is 0.444. The van der Waals surface area contributed by atoms with Crippen LogP contribution in [0.4, 0.5) is 10.5 Å². The number of fused-ring (bicyclic) bond motifs is 1. The maximum Gasteiger partial charge on any atom is 0.319 e. The quantitative estimate of drug-likeness (QED) is 0.775. The Morgan fingerprint density at radius 2 is 2.27 bits per heavy atom. The van der Waals surface area contributed by atoms with Crippen molar-refractivity contribution in [3.63, 3.8) is 0 Å². The number of carbonyl (C=O) groups is 2. The van der Waals surface area contributed by atoms with Gasteiger partial charge >= 0.3 is 6.03 Å². The van der Waals surface area contributed by atoms with Gasteiger partial charge in [-0.25, -0.2) is 4.79 Å². The summed E-state index contributed by atoms with van der Waals surface area (Å²) in [5.74, 6) is 0.608. The first-order valence-electron chi connectivity index (χ1n) is 8.74. The molecule has 0 fully saturated rings. The molecule has 2 N–H and O–H groups in total. The number of carbonyl (C=O) groups excluding carboxylic acids is 2. The number of ether oxygens (including phenoxy) is 1. The Hall–Kier alpha value is -2.90. The Morgan fingerprint density at radius 3 is 3.00 bits per heavy atom. The van der Waals surface area contributed by atoms with Gasteiger partial charge in [0.15, 0.2) is 5.78 Å². The van der Waals surface area contributed by atoms with Gasteiger partial charge in [-0.1, -0.05) is 12.1 Å². The number of ketones is 1. The van der Waals surface area contributed by atoms with E-state index in [1.165, 1.54) is 0 Å². The molecule has 1 aliphatic heterocycles. The first kappa shape index (κ1) is 17.9. The molecule has 0 saturated heterocycles. The Kier molecular flexibility index (Phi) is 5.20. The fourth-order valence-corrected chi connectivity index (χ4v) is 2.82. The van der Waals surface area contributed by atoms with Crippen LogP contribution in [0.3, 0.4) is 0 Å². The van der Waals surface area contributed by atoms with Crippen molar-refractivity contribution in [2.45, 2.75) is 45.3 Å². The third-order valence-electron chi connectivity index (χ3n) is 4.50. The largest absolute Gasteiger partial charge is 0.486 e. The van der Waals surface area contributed by atoms with Gasteiger partial charge in [0.05, 0.1) is 18.2 Å². The van der Waals surface area contributed by atoms with Crippen LogP contribution in [0.25, 0.3) is 0 Å². The van der Waals surface area contributed by atoms with Gasteiger partial charge in [-0.15, -0.1) is 5.10 Å². The van der Waals surface area contributed by atoms with Gasteiger partial charge < -0.3 is 15.4 Å². The smallest absolute Gasteiger partial charge is 0.319 e. The maximum atomic E-state index is 12.4. The topological polar surface area (TPSA) is 98.1 Å². The average Bonchev–Trinajstić information content (AvgIpc) is 3.13. The normalized spacial score (nSPS) is 18.8. The molecule has 138 valence electrons. The molecule has 26 heavy (non-hydrogen) atoms. The lowest BCUT2D eigenvalue weighted by molar-refractivity contribution is 0.0499. The first-order chi connectivity index (χ1) is 12.5. The van der Waals surface area contributed by atoms with E-state index in [0.29, 0.717) is 36.5 Å². The molecule has 0 bridgehead atoms. The molecule has 3 rings (SSSR count). The molecule has 1 aliphatic rings. The average molecular weight is 357 g/mol. The molecule has 0 radical (unpaired) electrons. The van der Waals surface area contributed by atoms with E-state index in [1.54, 1.807) is 35.3 Å². The van der Waals surface area contributed by atoms with Crippen LogP contribution in [0.2, 0.25) is 0 Å². The molecule has 0 aliphatic carbocycles. The third kappa shape index (κ3) is 4.19. The molecule has 2 amide bonds. The number of rotatable bonds is 6. The summed E-state index contributed by atoms with van der Waals surface area (Å²) in [6.07, 6.45) is 5.23. The lowest BCUT2D eigenvalue weighted by atomic mass is 9.89. The minimum atomic E-state index is -0.458. The SMILES string of the molecule is CC[C@]1(C)CC(=O)c2cc(NC(=O)NCCCn3ccnn3)ccc2O1. The van der Waals surface area contributed by atoms with Crippen LogP contribution in [-0.2, 0) is 6.54 Å². The fourth-order valence-electron chi connectivity index (χ4n) is 2.82. The highest BCUT2D eigenvalue weighted by Crippen LogP contribution is 2.36. The number of urea groups is 1. The van der Waals surface area contributed by atoms with Gasteiger partial charge in [-0.05, 0) is 38.0 Å². The molecule has 8 nitrogen and oxygen atoms in total. The number of nitrogens with one attached hydrogen (secondary N) is 2. The Bertz CT molecular complexity index is 790. The summed E-state index contributed by atoms with van der Waals surface area (Å²) < 4.78 is 7.66. The Balaban J connectivity index is 1.53. The third-order valence-corrected chi connectivity index (χ3v) is 4.50. The summed E-state index contributed by atoms with van der Waals surface area (Å²) in [6, 6.07) is 4.83. The molecular formula is C18H23N5O3. The summed E-state index contributed by atoms with van der Waals surface area (Å²) in [4.78, 5) is 24.4. The number of nitrogens with zero attached hydrogens (tertiary/aromatic N) is 3. The molecule has 2 heterocycles. The highest BCUT2D eigenvalue weighted by molar-refractivity contribution is 6.02. The van der Waals surface area contributed by atoms with E-state index in [2.05, 4.69) is 20.9 Å². The van der Waals surface area contributed by atoms with E-state index in [4.69, 9.17) is 4.74 Å². The van der Waals surface area contributed by atoms with Gasteiger partial charge in [0.1, 0.15) is 11.4 Å². The molecule has 1 aromatic carbocycles. The number of hydrogen-bond acceptors (Lipinski definition) is 5. The number of benzene rings is 1. The molecule has 1 aromatic heterocycles. The van der Waals surface area contributed by atoms with E-state index in [0.717, 1.165) is 12.8 Å². The summed E-state index contributed by atoms with van der Waals surface area (Å²) >= 11 is 0. The first-order valence-corrected chi connectivity index (χ1v) is 8.74. The highest BCUT2D eigenvalue weighted by Gasteiger charge is 2.35. The Morgan fingerprint density at radius 1 is 1.42 bits per heavy atom. The van der Waals surface area contributed by atoms with Gasteiger partial charge in [0.25, 0.3) is 0 Å². The summed E-state index contributed by atoms with van der Waals surface area (Å²) in [5, 5.41) is 13.1. The van der Waals surface area contributed by atoms with Crippen LogP contribution in [0.15, 0.2) is 30.6 Å². The minimum absolute atomic E-state index is 0.0347. The van der Waals surface area contributed by atoms with E-state index < -0.39 is 5.60 Å². The van der Waals surface area contributed by atoms with Crippen molar-refractivity contribution < 1.29 is 14.3 Å². The van der Waals surface area contributed by atoms with Crippen LogP contribution in [0, 0.1) is 0 Å². The summed E-state index contributed by atoms with van der Waals surface area (Å²) in [7, 11) is 0. The van der Waals surface area contributed by atoms with Crippen LogP contribution in [0.5, 0.6) is 5.75 Å². The van der Waals surface area contributed by atoms with Crippen molar-refractivity contribution in [3.8, 4) is 5.75 Å². The van der Waals surface area contributed by atoms with Gasteiger partial charge in [0, 0.05) is 25.0 Å². The number of hydrogen-bond donors (Lipinski definition) is 2. The zero-order chi connectivity index (χ0) is 18.6. The zero-order valence-electron chi connectivity index (χ0n) is 15.0. The lowest BCUT2D eigenvalue weighted by Crippen LogP contribution is -2.38. The van der Waals surface area contributed by atoms with E-state index in [-0.39, 0.29) is 11.8 Å². The number of aryl methyl sites for hydroxylation is 1. The minimum Gasteiger partial charge on any atom is -0.486 e. The molecule has 1 atom stereocenters. The van der Waals surface area contributed by atoms with E-state index >= 15 is 0 Å². The second kappa shape index (κ2) is 7.55. The predicted molar refractivity (Wildman–Crippen MR) is 96.4 cm³/mol. The van der Waals surface area contributed by atoms with Gasteiger partial charge in [-0.2, -0.15) is 0 Å². The van der Waals surface area contributed by atoms with E-state index in [1.807, 2.05) is 13.8 Å². The van der Waals surface area contributed by atoms with Crippen LogP contribution < -0.4 is 15.4 Å². The van der Waals surface area contributed by atoms with Gasteiger partial charge in [-0.3, -0.25) is 9.48 Å². The molecule has 2 aromatic rings. The second-order valence-corrected chi connectivity index (χ2v) is 6.62. The van der Waals surface area contributed by atoms with Gasteiger partial charge in [0.2, 0.25) is 0 Å². The van der Waals surface area contributed by atoms with Crippen molar-refractivity contribution in [2.24, 2.45) is 0 Å². The zero-order valence-corrected chi connectivity index (χ0v) is 15.0. The van der Waals surface area contributed by atoms with Crippen molar-refractivity contribution in [2.75, 3.05) is 11.9 Å². The summed E-state index contributed by atoms with van der Waals surface area (Å²) in [5.41, 5.74) is 0.620. The second-order valence-electron chi connectivity index (χ2n) is 6.62. The van der Waals surface area contributed by atoms with Crippen LogP contribution >= 0.6 is 0 Å². The maximum absolute atomic E-state index is 12.4. The monoisotopic (exact) mass is 357 g/mol. The molecular weight excluding hydrogens is 334 g/mol. The number of Topliss-reactive ketones (excluding diaryl/α,β-unsaturated/α-hetero) is 1. The predicted octanol–water partition coefficient (Wildman–Crippen LogP) is 2.62. The number of anilines is 1. The number of amides is 2. The molecule has 0 saturated carbocycles. The van der Waals surface area contributed by atoms with Crippen LogP contribution in [0.1, 0.15) is 43.5 Å². The molecule has 8 heteroatoms. The molecule has 0 unspecified atom stereocenters. The standard InChI is InChI=1S/C18H23N5O3/c1-3-18(2)12-15(24)14-11-13(5-6-16(14)26-18)21-17(25)19-7-4-9-23-10-8-20-22-23/h5-6,8,10-11H,3-4,7,9,12H2,1-2H3,(H2,19,21,25)/t18-/m1/s1. The lowest BCUT2D eigenvalue weighted by Gasteiger charge is -2.34. The van der Waals surface area contributed by atoms with Crippen molar-refractivity contribution in [3.05, 3.63) is 36.2 Å². The van der Waals surface area contributed by atoms with Crippen molar-refractivity contribution in [1.82, 2.24) is 20.3 Å². The van der Waals surface area contributed by atoms with Crippen molar-refractivity contribution >= 4 is 17.5 Å². The Labute approximate surface area is 151 Å². The van der Waals surface area contributed by atoms with Crippen LogP contribution in [-0.4, -0.2) is 39.0 Å². The molecule has 0 spiro atoms.